The SMILES string of the molecule is Nc1ccc(-c2ccccc2)nn1.Nc1nnc(-c2ccccc2)cc1Br. The lowest BCUT2D eigenvalue weighted by atomic mass is 10.1. The number of anilines is 2. The fraction of sp³-hybridized carbons (Fsp3) is 0. The molecule has 0 amide bonds. The van der Waals surface area contributed by atoms with Gasteiger partial charge in [-0.1, -0.05) is 60.7 Å². The topological polar surface area (TPSA) is 104 Å². The van der Waals surface area contributed by atoms with E-state index < -0.39 is 0 Å². The molecule has 4 N–H and O–H groups in total. The van der Waals surface area contributed by atoms with Crippen LogP contribution in [0.5, 0.6) is 0 Å². The van der Waals surface area contributed by atoms with Gasteiger partial charge < -0.3 is 11.5 Å². The fourth-order valence-electron chi connectivity index (χ4n) is 2.23. The Morgan fingerprint density at radius 2 is 1.15 bits per heavy atom. The molecule has 7 heteroatoms. The second-order valence-electron chi connectivity index (χ2n) is 5.54. The Morgan fingerprint density at radius 1 is 0.593 bits per heavy atom. The molecule has 0 saturated heterocycles. The van der Waals surface area contributed by atoms with Gasteiger partial charge in [0.2, 0.25) is 0 Å². The van der Waals surface area contributed by atoms with E-state index in [-0.39, 0.29) is 0 Å². The number of rotatable bonds is 2. The summed E-state index contributed by atoms with van der Waals surface area (Å²) in [6, 6.07) is 25.2. The van der Waals surface area contributed by atoms with Crippen molar-refractivity contribution in [2.45, 2.75) is 0 Å². The molecule has 0 aliphatic heterocycles. The first-order valence-corrected chi connectivity index (χ1v) is 8.91. The molecule has 2 aromatic heterocycles. The highest BCUT2D eigenvalue weighted by atomic mass is 79.9. The highest BCUT2D eigenvalue weighted by Gasteiger charge is 2.02. The highest BCUT2D eigenvalue weighted by Crippen LogP contribution is 2.22. The molecule has 0 bridgehead atoms. The number of hydrogen-bond acceptors (Lipinski definition) is 6. The third-order valence-corrected chi connectivity index (χ3v) is 4.23. The van der Waals surface area contributed by atoms with Gasteiger partial charge in [-0.3, -0.25) is 0 Å². The van der Waals surface area contributed by atoms with Crippen LogP contribution in [-0.2, 0) is 0 Å². The highest BCUT2D eigenvalue weighted by molar-refractivity contribution is 9.10. The average Bonchev–Trinajstić information content (AvgIpc) is 2.72. The lowest BCUT2D eigenvalue weighted by Gasteiger charge is -2.01. The van der Waals surface area contributed by atoms with Crippen LogP contribution < -0.4 is 11.5 Å². The Labute approximate surface area is 165 Å². The van der Waals surface area contributed by atoms with Crippen LogP contribution in [-0.4, -0.2) is 20.4 Å². The maximum absolute atomic E-state index is 5.55. The quantitative estimate of drug-likeness (QED) is 0.503. The predicted octanol–water partition coefficient (Wildman–Crippen LogP) is 4.21. The van der Waals surface area contributed by atoms with Gasteiger partial charge in [0.25, 0.3) is 0 Å². The van der Waals surface area contributed by atoms with E-state index in [1.807, 2.05) is 72.8 Å². The molecule has 27 heavy (non-hydrogen) atoms. The van der Waals surface area contributed by atoms with Crippen molar-refractivity contribution in [2.75, 3.05) is 11.5 Å². The summed E-state index contributed by atoms with van der Waals surface area (Å²) in [5.41, 5.74) is 14.7. The number of aromatic nitrogens is 4. The zero-order valence-electron chi connectivity index (χ0n) is 14.3. The van der Waals surface area contributed by atoms with E-state index in [1.54, 1.807) is 6.07 Å². The number of benzene rings is 2. The number of nitrogens with zero attached hydrogens (tertiary/aromatic N) is 4. The van der Waals surface area contributed by atoms with Crippen molar-refractivity contribution in [3.63, 3.8) is 0 Å². The maximum Gasteiger partial charge on any atom is 0.160 e. The van der Waals surface area contributed by atoms with Crippen LogP contribution in [0.2, 0.25) is 0 Å². The van der Waals surface area contributed by atoms with Gasteiger partial charge in [0.15, 0.2) is 5.82 Å². The minimum Gasteiger partial charge on any atom is -0.382 e. The fourth-order valence-corrected chi connectivity index (χ4v) is 2.53. The van der Waals surface area contributed by atoms with E-state index in [4.69, 9.17) is 11.5 Å². The molecule has 2 heterocycles. The Balaban J connectivity index is 0.000000156. The molecule has 2 aromatic carbocycles. The average molecular weight is 421 g/mol. The van der Waals surface area contributed by atoms with Gasteiger partial charge >= 0.3 is 0 Å². The van der Waals surface area contributed by atoms with Crippen LogP contribution in [0.3, 0.4) is 0 Å². The standard InChI is InChI=1S/C10H8BrN3.C10H9N3/c11-8-6-9(13-14-10(8)12)7-4-2-1-3-5-7;11-10-7-6-9(12-13-10)8-4-2-1-3-5-8/h1-6H,(H2,12,14);1-7H,(H2,11,13). The second kappa shape index (κ2) is 8.86. The maximum atomic E-state index is 5.55. The van der Waals surface area contributed by atoms with Crippen LogP contribution in [0.4, 0.5) is 11.6 Å². The van der Waals surface area contributed by atoms with Gasteiger partial charge in [0.1, 0.15) is 5.82 Å². The van der Waals surface area contributed by atoms with Crippen LogP contribution in [0, 0.1) is 0 Å². The molecular weight excluding hydrogens is 404 g/mol. The van der Waals surface area contributed by atoms with Gasteiger partial charge in [-0.25, -0.2) is 0 Å². The van der Waals surface area contributed by atoms with Crippen LogP contribution in [0.15, 0.2) is 83.3 Å². The summed E-state index contributed by atoms with van der Waals surface area (Å²) in [4.78, 5) is 0. The first-order chi connectivity index (χ1) is 13.1. The van der Waals surface area contributed by atoms with E-state index in [2.05, 4.69) is 36.3 Å². The van der Waals surface area contributed by atoms with E-state index in [1.165, 1.54) is 0 Å². The molecule has 134 valence electrons. The largest absolute Gasteiger partial charge is 0.382 e. The van der Waals surface area contributed by atoms with Crippen molar-refractivity contribution in [1.29, 1.82) is 0 Å². The third kappa shape index (κ3) is 5.08. The first-order valence-electron chi connectivity index (χ1n) is 8.12. The van der Waals surface area contributed by atoms with Gasteiger partial charge in [-0.15, -0.1) is 20.4 Å². The summed E-state index contributed by atoms with van der Waals surface area (Å²) in [5.74, 6) is 0.851. The van der Waals surface area contributed by atoms with E-state index in [0.717, 1.165) is 27.0 Å². The van der Waals surface area contributed by atoms with Gasteiger partial charge in [0, 0.05) is 11.1 Å². The summed E-state index contributed by atoms with van der Waals surface area (Å²) >= 11 is 3.32. The Morgan fingerprint density at radius 3 is 1.67 bits per heavy atom. The smallest absolute Gasteiger partial charge is 0.160 e. The monoisotopic (exact) mass is 420 g/mol. The Hall–Kier alpha value is -3.32. The summed E-state index contributed by atoms with van der Waals surface area (Å²) in [7, 11) is 0. The molecule has 6 nitrogen and oxygen atoms in total. The van der Waals surface area contributed by atoms with E-state index in [0.29, 0.717) is 11.6 Å². The Bertz CT molecular complexity index is 992. The van der Waals surface area contributed by atoms with Crippen molar-refractivity contribution < 1.29 is 0 Å². The minimum atomic E-state index is 0.407. The molecule has 0 saturated carbocycles. The van der Waals surface area contributed by atoms with Gasteiger partial charge in [-0.2, -0.15) is 0 Å². The molecule has 0 aliphatic carbocycles. The molecule has 0 atom stereocenters. The number of hydrogen-bond donors (Lipinski definition) is 2. The summed E-state index contributed by atoms with van der Waals surface area (Å²) in [6.07, 6.45) is 0. The molecular formula is C20H17BrN6. The van der Waals surface area contributed by atoms with Crippen molar-refractivity contribution in [1.82, 2.24) is 20.4 Å². The molecule has 0 fully saturated rings. The van der Waals surface area contributed by atoms with Gasteiger partial charge in [-0.05, 0) is 34.1 Å². The van der Waals surface area contributed by atoms with Crippen LogP contribution in [0.1, 0.15) is 0 Å². The van der Waals surface area contributed by atoms with Gasteiger partial charge in [0.05, 0.1) is 15.9 Å². The lowest BCUT2D eigenvalue weighted by Crippen LogP contribution is -1.95. The van der Waals surface area contributed by atoms with Crippen molar-refractivity contribution in [2.24, 2.45) is 0 Å². The Kier molecular flexibility index (Phi) is 6.06. The zero-order chi connectivity index (χ0) is 19.1. The lowest BCUT2D eigenvalue weighted by molar-refractivity contribution is 1.04. The molecule has 0 aliphatic rings. The van der Waals surface area contributed by atoms with Crippen molar-refractivity contribution in [3.8, 4) is 22.5 Å². The molecule has 4 aromatic rings. The molecule has 0 radical (unpaired) electrons. The van der Waals surface area contributed by atoms with E-state index >= 15 is 0 Å². The van der Waals surface area contributed by atoms with Crippen molar-refractivity contribution >= 4 is 27.6 Å². The third-order valence-electron chi connectivity index (χ3n) is 3.60. The first kappa shape index (κ1) is 18.5. The summed E-state index contributed by atoms with van der Waals surface area (Å²) in [5, 5.41) is 15.6. The van der Waals surface area contributed by atoms with Crippen LogP contribution >= 0.6 is 15.9 Å². The molecule has 0 spiro atoms. The number of nitrogen functional groups attached to an aromatic ring is 2. The summed E-state index contributed by atoms with van der Waals surface area (Å²) in [6.45, 7) is 0. The van der Waals surface area contributed by atoms with Crippen molar-refractivity contribution in [3.05, 3.63) is 83.3 Å². The molecule has 4 rings (SSSR count). The van der Waals surface area contributed by atoms with E-state index in [9.17, 15) is 0 Å². The number of halogens is 1. The number of nitrogens with two attached hydrogens (primary N) is 2. The second-order valence-corrected chi connectivity index (χ2v) is 6.39. The van der Waals surface area contributed by atoms with Crippen LogP contribution in [0.25, 0.3) is 22.5 Å². The molecule has 0 unspecified atom stereocenters. The summed E-state index contributed by atoms with van der Waals surface area (Å²) < 4.78 is 0.770. The normalized spacial score (nSPS) is 9.96. The minimum absolute atomic E-state index is 0.407. The zero-order valence-corrected chi connectivity index (χ0v) is 15.9. The predicted molar refractivity (Wildman–Crippen MR) is 111 cm³/mol.